The molecule has 2 heteroatoms. The maximum atomic E-state index is 4.09. The zero-order valence-electron chi connectivity index (χ0n) is 9.72. The van der Waals surface area contributed by atoms with Gasteiger partial charge in [-0.05, 0) is 37.9 Å². The SMILES string of the molecule is C=C(C)C[C@@]12CCN[C@H]1Nc1ccccc12. The van der Waals surface area contributed by atoms with Crippen molar-refractivity contribution < 1.29 is 0 Å². The van der Waals surface area contributed by atoms with E-state index in [1.807, 2.05) is 0 Å². The summed E-state index contributed by atoms with van der Waals surface area (Å²) in [5.74, 6) is 0. The fourth-order valence-electron chi connectivity index (χ4n) is 3.28. The van der Waals surface area contributed by atoms with Gasteiger partial charge in [0.2, 0.25) is 0 Å². The Kier molecular flexibility index (Phi) is 2.08. The van der Waals surface area contributed by atoms with Crippen LogP contribution in [0.1, 0.15) is 25.3 Å². The van der Waals surface area contributed by atoms with Gasteiger partial charge in [-0.25, -0.2) is 0 Å². The molecule has 2 aliphatic rings. The Morgan fingerprint density at radius 1 is 1.50 bits per heavy atom. The number of para-hydroxylation sites is 1. The molecule has 1 aromatic carbocycles. The maximum absolute atomic E-state index is 4.09. The van der Waals surface area contributed by atoms with E-state index in [0.29, 0.717) is 6.17 Å². The van der Waals surface area contributed by atoms with Gasteiger partial charge in [-0.15, -0.1) is 6.58 Å². The van der Waals surface area contributed by atoms with Crippen LogP contribution in [0.15, 0.2) is 36.4 Å². The van der Waals surface area contributed by atoms with Crippen molar-refractivity contribution in [2.45, 2.75) is 31.3 Å². The summed E-state index contributed by atoms with van der Waals surface area (Å²) in [5.41, 5.74) is 4.27. The van der Waals surface area contributed by atoms with Gasteiger partial charge in [-0.1, -0.05) is 23.8 Å². The van der Waals surface area contributed by atoms with Gasteiger partial charge in [0.15, 0.2) is 0 Å². The van der Waals surface area contributed by atoms with Crippen molar-refractivity contribution in [3.63, 3.8) is 0 Å². The molecule has 0 aliphatic carbocycles. The molecule has 1 saturated heterocycles. The van der Waals surface area contributed by atoms with E-state index < -0.39 is 0 Å². The van der Waals surface area contributed by atoms with Crippen molar-refractivity contribution in [2.75, 3.05) is 11.9 Å². The molecule has 0 unspecified atom stereocenters. The predicted octanol–water partition coefficient (Wildman–Crippen LogP) is 2.64. The summed E-state index contributed by atoms with van der Waals surface area (Å²) in [4.78, 5) is 0. The zero-order valence-corrected chi connectivity index (χ0v) is 9.72. The third kappa shape index (κ3) is 1.23. The molecule has 1 aromatic rings. The number of allylic oxidation sites excluding steroid dienone is 1. The van der Waals surface area contributed by atoms with E-state index in [0.717, 1.165) is 13.0 Å². The fraction of sp³-hybridized carbons (Fsp3) is 0.429. The molecular weight excluding hydrogens is 196 g/mol. The molecule has 0 radical (unpaired) electrons. The second-order valence-corrected chi connectivity index (χ2v) is 5.12. The Labute approximate surface area is 96.7 Å². The molecule has 2 nitrogen and oxygen atoms in total. The van der Waals surface area contributed by atoms with Crippen molar-refractivity contribution in [1.82, 2.24) is 5.32 Å². The number of hydrogen-bond acceptors (Lipinski definition) is 2. The van der Waals surface area contributed by atoms with Crippen LogP contribution in [0.2, 0.25) is 0 Å². The molecule has 2 heterocycles. The predicted molar refractivity (Wildman–Crippen MR) is 67.6 cm³/mol. The number of fused-ring (bicyclic) bond motifs is 3. The summed E-state index contributed by atoms with van der Waals surface area (Å²) in [7, 11) is 0. The van der Waals surface area contributed by atoms with E-state index in [9.17, 15) is 0 Å². The molecule has 0 amide bonds. The summed E-state index contributed by atoms with van der Waals surface area (Å²) in [6.45, 7) is 7.32. The molecule has 0 aromatic heterocycles. The molecule has 16 heavy (non-hydrogen) atoms. The number of rotatable bonds is 2. The summed E-state index contributed by atoms with van der Waals surface area (Å²) < 4.78 is 0. The standard InChI is InChI=1S/C14H18N2/c1-10(2)9-14-7-8-15-13(14)16-12-6-4-3-5-11(12)14/h3-6,13,15-16H,1,7-9H2,2H3/t13-,14+/m0/s1. The van der Waals surface area contributed by atoms with E-state index in [1.165, 1.54) is 23.2 Å². The topological polar surface area (TPSA) is 24.1 Å². The van der Waals surface area contributed by atoms with Crippen LogP contribution < -0.4 is 10.6 Å². The Balaban J connectivity index is 2.09. The minimum atomic E-state index is 0.239. The normalized spacial score (nSPS) is 30.7. The molecule has 3 rings (SSSR count). The Hall–Kier alpha value is -1.28. The third-order valence-electron chi connectivity index (χ3n) is 3.85. The highest BCUT2D eigenvalue weighted by Gasteiger charge is 2.49. The number of benzene rings is 1. The molecule has 0 bridgehead atoms. The Morgan fingerprint density at radius 2 is 2.31 bits per heavy atom. The first-order chi connectivity index (χ1) is 7.72. The number of anilines is 1. The minimum Gasteiger partial charge on any atom is -0.369 e. The number of nitrogens with one attached hydrogen (secondary N) is 2. The highest BCUT2D eigenvalue weighted by atomic mass is 15.2. The van der Waals surface area contributed by atoms with E-state index in [2.05, 4.69) is 48.4 Å². The van der Waals surface area contributed by atoms with Gasteiger partial charge in [0, 0.05) is 11.1 Å². The van der Waals surface area contributed by atoms with Crippen LogP contribution in [-0.2, 0) is 5.41 Å². The minimum absolute atomic E-state index is 0.239. The lowest BCUT2D eigenvalue weighted by Gasteiger charge is -2.29. The van der Waals surface area contributed by atoms with Crippen LogP contribution in [0.25, 0.3) is 0 Å². The van der Waals surface area contributed by atoms with E-state index in [-0.39, 0.29) is 5.41 Å². The first-order valence-corrected chi connectivity index (χ1v) is 5.96. The molecular formula is C14H18N2. The quantitative estimate of drug-likeness (QED) is 0.740. The molecule has 0 spiro atoms. The smallest absolute Gasteiger partial charge is 0.0871 e. The highest BCUT2D eigenvalue weighted by Crippen LogP contribution is 2.48. The largest absolute Gasteiger partial charge is 0.369 e. The lowest BCUT2D eigenvalue weighted by atomic mass is 9.75. The highest BCUT2D eigenvalue weighted by molar-refractivity contribution is 5.63. The molecule has 2 N–H and O–H groups in total. The maximum Gasteiger partial charge on any atom is 0.0871 e. The van der Waals surface area contributed by atoms with Crippen molar-refractivity contribution in [3.05, 3.63) is 42.0 Å². The van der Waals surface area contributed by atoms with E-state index in [1.54, 1.807) is 0 Å². The first-order valence-electron chi connectivity index (χ1n) is 5.96. The molecule has 2 atom stereocenters. The molecule has 84 valence electrons. The average Bonchev–Trinajstić information content (AvgIpc) is 2.72. The van der Waals surface area contributed by atoms with Gasteiger partial charge in [-0.2, -0.15) is 0 Å². The average molecular weight is 214 g/mol. The monoisotopic (exact) mass is 214 g/mol. The van der Waals surface area contributed by atoms with E-state index in [4.69, 9.17) is 0 Å². The lowest BCUT2D eigenvalue weighted by Crippen LogP contribution is -2.40. The van der Waals surface area contributed by atoms with Gasteiger partial charge in [-0.3, -0.25) is 5.32 Å². The first kappa shape index (κ1) is 9.91. The van der Waals surface area contributed by atoms with Crippen LogP contribution in [0.4, 0.5) is 5.69 Å². The number of hydrogen-bond donors (Lipinski definition) is 2. The van der Waals surface area contributed by atoms with E-state index >= 15 is 0 Å². The lowest BCUT2D eigenvalue weighted by molar-refractivity contribution is 0.415. The van der Waals surface area contributed by atoms with Crippen molar-refractivity contribution >= 4 is 5.69 Å². The van der Waals surface area contributed by atoms with Gasteiger partial charge >= 0.3 is 0 Å². The molecule has 2 aliphatic heterocycles. The van der Waals surface area contributed by atoms with Gasteiger partial charge < -0.3 is 5.32 Å². The molecule has 0 saturated carbocycles. The molecule has 1 fully saturated rings. The van der Waals surface area contributed by atoms with Crippen LogP contribution in [0.5, 0.6) is 0 Å². The Bertz CT molecular complexity index is 438. The second kappa shape index (κ2) is 3.36. The summed E-state index contributed by atoms with van der Waals surface area (Å²) >= 11 is 0. The summed E-state index contributed by atoms with van der Waals surface area (Å²) in [6, 6.07) is 8.68. The third-order valence-corrected chi connectivity index (χ3v) is 3.85. The van der Waals surface area contributed by atoms with Crippen molar-refractivity contribution in [3.8, 4) is 0 Å². The van der Waals surface area contributed by atoms with Crippen molar-refractivity contribution in [1.29, 1.82) is 0 Å². The van der Waals surface area contributed by atoms with Crippen molar-refractivity contribution in [2.24, 2.45) is 0 Å². The van der Waals surface area contributed by atoms with Gasteiger partial charge in [0.05, 0.1) is 6.17 Å². The summed E-state index contributed by atoms with van der Waals surface area (Å²) in [5, 5.41) is 7.15. The van der Waals surface area contributed by atoms with Crippen LogP contribution in [0.3, 0.4) is 0 Å². The Morgan fingerprint density at radius 3 is 3.12 bits per heavy atom. The summed E-state index contributed by atoms with van der Waals surface area (Å²) in [6.07, 6.45) is 2.67. The van der Waals surface area contributed by atoms with Crippen LogP contribution in [-0.4, -0.2) is 12.7 Å². The van der Waals surface area contributed by atoms with Gasteiger partial charge in [0.25, 0.3) is 0 Å². The van der Waals surface area contributed by atoms with Crippen LogP contribution in [0, 0.1) is 0 Å². The fourth-order valence-corrected chi connectivity index (χ4v) is 3.28. The second-order valence-electron chi connectivity index (χ2n) is 5.12. The zero-order chi connectivity index (χ0) is 11.2. The van der Waals surface area contributed by atoms with Crippen LogP contribution >= 0.6 is 0 Å². The van der Waals surface area contributed by atoms with Gasteiger partial charge in [0.1, 0.15) is 0 Å².